The van der Waals surface area contributed by atoms with Crippen molar-refractivity contribution in [3.63, 3.8) is 0 Å². The normalized spacial score (nSPS) is 20.3. The third-order valence-electron chi connectivity index (χ3n) is 10.9. The third-order valence-corrected chi connectivity index (χ3v) is 10.9. The summed E-state index contributed by atoms with van der Waals surface area (Å²) in [7, 11) is 0. The summed E-state index contributed by atoms with van der Waals surface area (Å²) in [4.78, 5) is 25.4. The number of carbonyl (C=O) groups is 2. The van der Waals surface area contributed by atoms with Gasteiger partial charge in [0.25, 0.3) is 0 Å². The molecule has 0 aromatic rings. The molecule has 4 N–H and O–H groups in total. The summed E-state index contributed by atoms with van der Waals surface area (Å²) in [6.45, 7) is 3.27. The minimum absolute atomic E-state index is 0.151. The number of hydrogen-bond acceptors (Lipinski definition) is 10. The number of ether oxygens (including phenoxy) is 4. The third kappa shape index (κ3) is 32.7. The molecule has 0 amide bonds. The van der Waals surface area contributed by atoms with Crippen LogP contribution in [0.15, 0.2) is 60.8 Å². The fraction of sp³-hybridized carbons (Fsp3) is 0.765. The molecule has 0 bridgehead atoms. The molecule has 1 fully saturated rings. The molecular formula is C51H88O10. The minimum Gasteiger partial charge on any atom is -0.462 e. The van der Waals surface area contributed by atoms with Crippen LogP contribution >= 0.6 is 0 Å². The molecule has 352 valence electrons. The van der Waals surface area contributed by atoms with Crippen molar-refractivity contribution in [3.8, 4) is 0 Å². The Bertz CT molecular complexity index is 1180. The lowest BCUT2D eigenvalue weighted by Crippen LogP contribution is -2.59. The molecular weight excluding hydrogens is 773 g/mol. The lowest BCUT2D eigenvalue weighted by Gasteiger charge is -2.39. The van der Waals surface area contributed by atoms with E-state index in [0.29, 0.717) is 12.8 Å². The zero-order chi connectivity index (χ0) is 44.4. The topological polar surface area (TPSA) is 152 Å². The summed E-state index contributed by atoms with van der Waals surface area (Å²) < 4.78 is 22.1. The van der Waals surface area contributed by atoms with E-state index in [2.05, 4.69) is 68.5 Å². The lowest BCUT2D eigenvalue weighted by molar-refractivity contribution is -0.305. The largest absolute Gasteiger partial charge is 0.462 e. The van der Waals surface area contributed by atoms with E-state index in [0.717, 1.165) is 51.4 Å². The zero-order valence-electron chi connectivity index (χ0n) is 38.4. The van der Waals surface area contributed by atoms with E-state index < -0.39 is 49.4 Å². The molecule has 6 atom stereocenters. The van der Waals surface area contributed by atoms with Crippen molar-refractivity contribution in [1.82, 2.24) is 0 Å². The van der Waals surface area contributed by atoms with Crippen LogP contribution in [0.2, 0.25) is 0 Å². The summed E-state index contributed by atoms with van der Waals surface area (Å²) in [5.41, 5.74) is 0. The molecule has 0 aliphatic carbocycles. The van der Waals surface area contributed by atoms with Crippen LogP contribution in [-0.2, 0) is 28.5 Å². The van der Waals surface area contributed by atoms with Gasteiger partial charge < -0.3 is 39.4 Å². The average Bonchev–Trinajstić information content (AvgIpc) is 3.26. The number of carbonyl (C=O) groups excluding carboxylic acids is 2. The van der Waals surface area contributed by atoms with E-state index in [1.54, 1.807) is 0 Å². The highest BCUT2D eigenvalue weighted by molar-refractivity contribution is 5.70. The van der Waals surface area contributed by atoms with Crippen molar-refractivity contribution in [2.45, 2.75) is 230 Å². The Hall–Kier alpha value is -2.60. The highest BCUT2D eigenvalue weighted by atomic mass is 16.7. The second-order valence-electron chi connectivity index (χ2n) is 16.5. The highest BCUT2D eigenvalue weighted by Crippen LogP contribution is 2.23. The molecule has 1 aliphatic heterocycles. The Labute approximate surface area is 370 Å². The Morgan fingerprint density at radius 2 is 0.967 bits per heavy atom. The molecule has 10 heteroatoms. The summed E-state index contributed by atoms with van der Waals surface area (Å²) in [5.74, 6) is -0.871. The van der Waals surface area contributed by atoms with Gasteiger partial charge in [0.05, 0.1) is 13.2 Å². The Balaban J connectivity index is 2.32. The van der Waals surface area contributed by atoms with Gasteiger partial charge in [-0.25, -0.2) is 0 Å². The predicted octanol–water partition coefficient (Wildman–Crippen LogP) is 11.0. The SMILES string of the molecule is CC/C=C\C/C=C\C/C=C\C/C=C\C/C=C\CCCC(=O)OC(COC(=O)CCCCCCCCCCCCCCCCCCCCC)COC1OC(CO)C(O)C(O)C1O. The fourth-order valence-electron chi connectivity index (χ4n) is 7.11. The average molecular weight is 861 g/mol. The molecule has 1 aliphatic rings. The first-order valence-corrected chi connectivity index (χ1v) is 24.4. The number of aliphatic hydroxyl groups is 4. The maximum atomic E-state index is 12.8. The lowest BCUT2D eigenvalue weighted by atomic mass is 9.99. The van der Waals surface area contributed by atoms with Gasteiger partial charge in [-0.15, -0.1) is 0 Å². The van der Waals surface area contributed by atoms with Gasteiger partial charge in [-0.2, -0.15) is 0 Å². The molecule has 1 saturated heterocycles. The van der Waals surface area contributed by atoms with Gasteiger partial charge >= 0.3 is 11.9 Å². The van der Waals surface area contributed by atoms with E-state index >= 15 is 0 Å². The quantitative estimate of drug-likeness (QED) is 0.0266. The van der Waals surface area contributed by atoms with Crippen LogP contribution in [0.1, 0.15) is 194 Å². The standard InChI is InChI=1S/C51H88O10/c1-3-5-7-9-11-13-15-17-19-21-22-24-25-27-29-31-33-35-37-39-46(53)58-42-44(43-59-51-50(57)49(56)48(55)45(41-52)61-51)60-47(54)40-38-36-34-32-30-28-26-23-20-18-16-14-12-10-8-6-4-2/h6,8,12,14,18,20,26,28,32,34,44-45,48-52,55-57H,3-5,7,9-11,13,15-17,19,21-25,27,29-31,33,35-43H2,1-2H3/b8-6-,14-12-,20-18-,28-26-,34-32-. The Morgan fingerprint density at radius 3 is 1.44 bits per heavy atom. The second-order valence-corrected chi connectivity index (χ2v) is 16.5. The van der Waals surface area contributed by atoms with Crippen molar-refractivity contribution in [1.29, 1.82) is 0 Å². The number of unbranched alkanes of at least 4 members (excludes halogenated alkanes) is 19. The van der Waals surface area contributed by atoms with Gasteiger partial charge in [-0.05, 0) is 51.4 Å². The van der Waals surface area contributed by atoms with E-state index in [4.69, 9.17) is 18.9 Å². The number of hydrogen-bond donors (Lipinski definition) is 4. The fourth-order valence-corrected chi connectivity index (χ4v) is 7.11. The van der Waals surface area contributed by atoms with Gasteiger partial charge in [-0.3, -0.25) is 9.59 Å². The van der Waals surface area contributed by atoms with E-state index in [9.17, 15) is 30.0 Å². The molecule has 10 nitrogen and oxygen atoms in total. The Kier molecular flexibility index (Phi) is 38.3. The maximum Gasteiger partial charge on any atom is 0.306 e. The van der Waals surface area contributed by atoms with E-state index in [-0.39, 0.29) is 32.0 Å². The van der Waals surface area contributed by atoms with Crippen LogP contribution in [0, 0.1) is 0 Å². The molecule has 0 aromatic carbocycles. The summed E-state index contributed by atoms with van der Waals surface area (Å²) >= 11 is 0. The van der Waals surface area contributed by atoms with Crippen molar-refractivity contribution in [3.05, 3.63) is 60.8 Å². The van der Waals surface area contributed by atoms with Gasteiger partial charge in [0.1, 0.15) is 31.0 Å². The smallest absolute Gasteiger partial charge is 0.306 e. The first kappa shape index (κ1) is 56.4. The van der Waals surface area contributed by atoms with E-state index in [1.165, 1.54) is 103 Å². The van der Waals surface area contributed by atoms with Crippen LogP contribution < -0.4 is 0 Å². The molecule has 0 spiro atoms. The number of allylic oxidation sites excluding steroid dienone is 10. The molecule has 0 aromatic heterocycles. The van der Waals surface area contributed by atoms with Crippen molar-refractivity contribution in [2.24, 2.45) is 0 Å². The van der Waals surface area contributed by atoms with Crippen LogP contribution in [0.4, 0.5) is 0 Å². The van der Waals surface area contributed by atoms with Crippen molar-refractivity contribution < 1.29 is 49.0 Å². The maximum absolute atomic E-state index is 12.8. The van der Waals surface area contributed by atoms with Gasteiger partial charge in [0, 0.05) is 12.8 Å². The molecule has 0 radical (unpaired) electrons. The monoisotopic (exact) mass is 861 g/mol. The minimum atomic E-state index is -1.61. The predicted molar refractivity (Wildman–Crippen MR) is 247 cm³/mol. The second kappa shape index (κ2) is 41.4. The summed E-state index contributed by atoms with van der Waals surface area (Å²) in [6, 6.07) is 0. The van der Waals surface area contributed by atoms with E-state index in [1.807, 2.05) is 6.08 Å². The summed E-state index contributed by atoms with van der Waals surface area (Å²) in [5, 5.41) is 40.1. The first-order chi connectivity index (χ1) is 29.8. The highest BCUT2D eigenvalue weighted by Gasteiger charge is 2.44. The van der Waals surface area contributed by atoms with Crippen LogP contribution in [0.5, 0.6) is 0 Å². The molecule has 1 heterocycles. The zero-order valence-corrected chi connectivity index (χ0v) is 38.4. The molecule has 61 heavy (non-hydrogen) atoms. The van der Waals surface area contributed by atoms with Gasteiger partial charge in [0.15, 0.2) is 12.4 Å². The molecule has 0 saturated carbocycles. The van der Waals surface area contributed by atoms with Crippen LogP contribution in [-0.4, -0.2) is 89.0 Å². The number of aliphatic hydroxyl groups excluding tert-OH is 4. The summed E-state index contributed by atoms with van der Waals surface area (Å²) in [6.07, 6.45) is 43.8. The van der Waals surface area contributed by atoms with Crippen LogP contribution in [0.3, 0.4) is 0 Å². The molecule has 6 unspecified atom stereocenters. The van der Waals surface area contributed by atoms with Gasteiger partial charge in [-0.1, -0.05) is 190 Å². The van der Waals surface area contributed by atoms with Crippen LogP contribution in [0.25, 0.3) is 0 Å². The number of rotatable bonds is 40. The first-order valence-electron chi connectivity index (χ1n) is 24.4. The number of esters is 2. The molecule has 1 rings (SSSR count). The van der Waals surface area contributed by atoms with Crippen molar-refractivity contribution in [2.75, 3.05) is 19.8 Å². The van der Waals surface area contributed by atoms with Gasteiger partial charge in [0.2, 0.25) is 0 Å². The van der Waals surface area contributed by atoms with Crippen molar-refractivity contribution >= 4 is 11.9 Å². The Morgan fingerprint density at radius 1 is 0.525 bits per heavy atom.